The van der Waals surface area contributed by atoms with E-state index in [0.29, 0.717) is 18.5 Å². The van der Waals surface area contributed by atoms with Crippen LogP contribution in [0.2, 0.25) is 0 Å². The number of carboxylic acids is 1. The molecule has 0 aliphatic heterocycles. The number of nitrogens with one attached hydrogen (secondary N) is 1. The number of hydrogen-bond acceptors (Lipinski definition) is 5. The van der Waals surface area contributed by atoms with Gasteiger partial charge in [-0.1, -0.05) is 0 Å². The van der Waals surface area contributed by atoms with Gasteiger partial charge in [0.2, 0.25) is 5.91 Å². The van der Waals surface area contributed by atoms with Gasteiger partial charge in [0.1, 0.15) is 11.3 Å². The van der Waals surface area contributed by atoms with Crippen molar-refractivity contribution in [3.63, 3.8) is 0 Å². The first-order valence-corrected chi connectivity index (χ1v) is 7.99. The van der Waals surface area contributed by atoms with Crippen molar-refractivity contribution in [3.05, 3.63) is 29.7 Å². The van der Waals surface area contributed by atoms with Gasteiger partial charge >= 0.3 is 5.97 Å². The molecule has 2 aromatic rings. The lowest BCUT2D eigenvalue weighted by atomic mass is 10.1. The van der Waals surface area contributed by atoms with E-state index in [0.717, 1.165) is 17.0 Å². The predicted octanol–water partition coefficient (Wildman–Crippen LogP) is 2.32. The average molecular weight is 320 g/mol. The van der Waals surface area contributed by atoms with Crippen LogP contribution in [0.4, 0.5) is 0 Å². The molecule has 2 aromatic heterocycles. The van der Waals surface area contributed by atoms with E-state index < -0.39 is 5.97 Å². The van der Waals surface area contributed by atoms with Crippen molar-refractivity contribution < 1.29 is 19.1 Å². The summed E-state index contributed by atoms with van der Waals surface area (Å²) < 4.78 is 5.02. The number of thiazole rings is 1. The molecular formula is C15H16N2O4S. The maximum absolute atomic E-state index is 12.0. The lowest BCUT2D eigenvalue weighted by Gasteiger charge is -2.11. The van der Waals surface area contributed by atoms with Crippen LogP contribution in [0.3, 0.4) is 0 Å². The maximum Gasteiger partial charge on any atom is 0.306 e. The van der Waals surface area contributed by atoms with Gasteiger partial charge in [0, 0.05) is 17.0 Å². The predicted molar refractivity (Wildman–Crippen MR) is 80.4 cm³/mol. The first-order chi connectivity index (χ1) is 10.6. The van der Waals surface area contributed by atoms with E-state index >= 15 is 0 Å². The molecule has 1 aliphatic carbocycles. The molecule has 6 nitrogen and oxygen atoms in total. The van der Waals surface area contributed by atoms with Gasteiger partial charge in [0.15, 0.2) is 0 Å². The van der Waals surface area contributed by atoms with Gasteiger partial charge in [-0.3, -0.25) is 9.59 Å². The molecule has 0 saturated heterocycles. The van der Waals surface area contributed by atoms with E-state index in [1.807, 2.05) is 11.4 Å². The number of rotatable bonds is 5. The zero-order valence-corrected chi connectivity index (χ0v) is 12.6. The Kier molecular flexibility index (Phi) is 4.24. The van der Waals surface area contributed by atoms with Gasteiger partial charge in [-0.25, -0.2) is 4.98 Å². The summed E-state index contributed by atoms with van der Waals surface area (Å²) in [6.45, 7) is 0. The van der Waals surface area contributed by atoms with E-state index in [-0.39, 0.29) is 24.3 Å². The topological polar surface area (TPSA) is 92.4 Å². The number of carbonyl (C=O) groups excluding carboxylic acids is 1. The molecule has 7 heteroatoms. The molecule has 2 N–H and O–H groups in total. The summed E-state index contributed by atoms with van der Waals surface area (Å²) in [5.41, 5.74) is 1.61. The molecule has 22 heavy (non-hydrogen) atoms. The summed E-state index contributed by atoms with van der Waals surface area (Å²) in [4.78, 5) is 27.4. The van der Waals surface area contributed by atoms with Gasteiger partial charge in [-0.2, -0.15) is 0 Å². The minimum Gasteiger partial charge on any atom is -0.481 e. The minimum absolute atomic E-state index is 0.0411. The summed E-state index contributed by atoms with van der Waals surface area (Å²) in [5, 5.41) is 14.5. The number of aromatic nitrogens is 1. The van der Waals surface area contributed by atoms with Crippen molar-refractivity contribution in [1.29, 1.82) is 0 Å². The first-order valence-electron chi connectivity index (χ1n) is 7.11. The summed E-state index contributed by atoms with van der Waals surface area (Å²) >= 11 is 1.47. The van der Waals surface area contributed by atoms with Crippen LogP contribution in [0.1, 0.15) is 25.0 Å². The molecule has 116 valence electrons. The van der Waals surface area contributed by atoms with Crippen molar-refractivity contribution in [1.82, 2.24) is 10.3 Å². The van der Waals surface area contributed by atoms with Crippen LogP contribution < -0.4 is 5.32 Å². The average Bonchev–Trinajstić information content (AvgIpc) is 3.18. The fourth-order valence-electron chi connectivity index (χ4n) is 2.69. The van der Waals surface area contributed by atoms with E-state index in [1.165, 1.54) is 11.3 Å². The third-order valence-corrected chi connectivity index (χ3v) is 4.75. The van der Waals surface area contributed by atoms with Crippen LogP contribution in [0.5, 0.6) is 0 Å². The van der Waals surface area contributed by atoms with Gasteiger partial charge in [0.05, 0.1) is 24.3 Å². The third-order valence-electron chi connectivity index (χ3n) is 3.81. The Bertz CT molecular complexity index is 665. The highest BCUT2D eigenvalue weighted by atomic mass is 32.1. The minimum atomic E-state index is -0.777. The Labute approximate surface area is 131 Å². The lowest BCUT2D eigenvalue weighted by Crippen LogP contribution is -2.34. The second-order valence-corrected chi connectivity index (χ2v) is 6.30. The largest absolute Gasteiger partial charge is 0.481 e. The number of carboxylic acid groups (broad SMARTS) is 1. The highest BCUT2D eigenvalue weighted by Gasteiger charge is 2.30. The SMILES string of the molecule is O=C(Cc1csc(-c2ccoc2)n1)N[C@@H]1CC[C@H](C(=O)O)C1. The number of carbonyl (C=O) groups is 2. The van der Waals surface area contributed by atoms with Crippen molar-refractivity contribution in [2.24, 2.45) is 5.92 Å². The Morgan fingerprint density at radius 3 is 3.00 bits per heavy atom. The third kappa shape index (κ3) is 3.36. The van der Waals surface area contributed by atoms with Crippen molar-refractivity contribution in [2.75, 3.05) is 0 Å². The van der Waals surface area contributed by atoms with Gasteiger partial charge in [-0.05, 0) is 25.3 Å². The van der Waals surface area contributed by atoms with E-state index in [4.69, 9.17) is 9.52 Å². The number of furan rings is 1. The molecule has 2 atom stereocenters. The number of hydrogen-bond donors (Lipinski definition) is 2. The van der Waals surface area contributed by atoms with Gasteiger partial charge in [0.25, 0.3) is 0 Å². The van der Waals surface area contributed by atoms with Crippen LogP contribution in [-0.2, 0) is 16.0 Å². The van der Waals surface area contributed by atoms with Crippen molar-refractivity contribution in [2.45, 2.75) is 31.7 Å². The smallest absolute Gasteiger partial charge is 0.306 e. The first kappa shape index (κ1) is 14.8. The van der Waals surface area contributed by atoms with Crippen LogP contribution in [0.25, 0.3) is 10.6 Å². The quantitative estimate of drug-likeness (QED) is 0.882. The summed E-state index contributed by atoms with van der Waals surface area (Å²) in [5.74, 6) is -1.22. The molecule has 0 bridgehead atoms. The van der Waals surface area contributed by atoms with Crippen molar-refractivity contribution >= 4 is 23.2 Å². The van der Waals surface area contributed by atoms with Crippen LogP contribution in [0.15, 0.2) is 28.4 Å². The van der Waals surface area contributed by atoms with Gasteiger partial charge in [-0.15, -0.1) is 11.3 Å². The molecule has 0 aromatic carbocycles. The van der Waals surface area contributed by atoms with Crippen LogP contribution >= 0.6 is 11.3 Å². The van der Waals surface area contributed by atoms with Crippen LogP contribution in [-0.4, -0.2) is 28.0 Å². The Hall–Kier alpha value is -2.15. The zero-order chi connectivity index (χ0) is 15.5. The standard InChI is InChI=1S/C15H16N2O4S/c18-13(16-11-2-1-9(5-11)15(19)20)6-12-8-22-14(17-12)10-3-4-21-7-10/h3-4,7-9,11H,1-2,5-6H2,(H,16,18)(H,19,20)/t9-,11+/m0/s1. The monoisotopic (exact) mass is 320 g/mol. The second kappa shape index (κ2) is 6.31. The zero-order valence-electron chi connectivity index (χ0n) is 11.8. The molecular weight excluding hydrogens is 304 g/mol. The Morgan fingerprint density at radius 2 is 2.32 bits per heavy atom. The highest BCUT2D eigenvalue weighted by molar-refractivity contribution is 7.13. The molecule has 1 aliphatic rings. The molecule has 0 radical (unpaired) electrons. The Balaban J connectivity index is 1.53. The second-order valence-electron chi connectivity index (χ2n) is 5.45. The van der Waals surface area contributed by atoms with E-state index in [9.17, 15) is 9.59 Å². The fourth-order valence-corrected chi connectivity index (χ4v) is 3.49. The summed E-state index contributed by atoms with van der Waals surface area (Å²) in [6, 6.07) is 1.79. The van der Waals surface area contributed by atoms with Crippen molar-refractivity contribution in [3.8, 4) is 10.6 Å². The molecule has 2 heterocycles. The van der Waals surface area contributed by atoms with E-state index in [1.54, 1.807) is 12.5 Å². The molecule has 1 saturated carbocycles. The van der Waals surface area contributed by atoms with Gasteiger partial charge < -0.3 is 14.8 Å². The lowest BCUT2D eigenvalue weighted by molar-refractivity contribution is -0.141. The number of nitrogens with zero attached hydrogens (tertiary/aromatic N) is 1. The number of aliphatic carboxylic acids is 1. The highest BCUT2D eigenvalue weighted by Crippen LogP contribution is 2.26. The Morgan fingerprint density at radius 1 is 1.45 bits per heavy atom. The molecule has 1 fully saturated rings. The normalized spacial score (nSPS) is 20.9. The fraction of sp³-hybridized carbons (Fsp3) is 0.400. The molecule has 0 spiro atoms. The summed E-state index contributed by atoms with van der Waals surface area (Å²) in [6.07, 6.45) is 5.28. The number of amides is 1. The molecule has 0 unspecified atom stereocenters. The molecule has 3 rings (SSSR count). The van der Waals surface area contributed by atoms with E-state index in [2.05, 4.69) is 10.3 Å². The maximum atomic E-state index is 12.0. The van der Waals surface area contributed by atoms with Crippen LogP contribution in [0, 0.1) is 5.92 Å². The summed E-state index contributed by atoms with van der Waals surface area (Å²) in [7, 11) is 0. The molecule has 1 amide bonds.